The molecule has 3 rings (SSSR count). The number of hydrogen-bond acceptors (Lipinski definition) is 0. The van der Waals surface area contributed by atoms with E-state index in [1.165, 1.54) is 0 Å². The number of hydrogen-bond donors (Lipinski definition) is 0. The summed E-state index contributed by atoms with van der Waals surface area (Å²) in [4.78, 5) is 0. The fourth-order valence-corrected chi connectivity index (χ4v) is 2.71. The summed E-state index contributed by atoms with van der Waals surface area (Å²) in [6, 6.07) is 0. The smallest absolute Gasteiger partial charge is 0.0388 e. The highest BCUT2D eigenvalue weighted by molar-refractivity contribution is 4.83. The lowest BCUT2D eigenvalue weighted by Crippen LogP contribution is -2.29. The molecule has 0 unspecified atom stereocenters. The lowest BCUT2D eigenvalue weighted by Gasteiger charge is -2.40. The van der Waals surface area contributed by atoms with E-state index in [-0.39, 0.29) is 0 Å². The van der Waals surface area contributed by atoms with Crippen LogP contribution in [0.3, 0.4) is 0 Å². The molecule has 0 aromatic heterocycles. The third-order valence-corrected chi connectivity index (χ3v) is 3.40. The van der Waals surface area contributed by atoms with Gasteiger partial charge in [0.05, 0.1) is 0 Å². The molecule has 3 aliphatic carbocycles. The van der Waals surface area contributed by atoms with Gasteiger partial charge >= 0.3 is 0 Å². The van der Waals surface area contributed by atoms with Crippen LogP contribution in [0.4, 0.5) is 0 Å². The summed E-state index contributed by atoms with van der Waals surface area (Å²) in [5.74, 6) is 3.32. The normalized spacial score (nSPS) is 49.7. The first-order valence-electron chi connectivity index (χ1n) is 4.36. The van der Waals surface area contributed by atoms with Gasteiger partial charge in [-0.15, -0.1) is 0 Å². The Bertz CT molecular complexity index is 98.6. The predicted octanol–water partition coefficient (Wildman–Crippen LogP) is 2.83. The van der Waals surface area contributed by atoms with Crippen LogP contribution in [0, 0.1) is 17.8 Å². The third-order valence-electron chi connectivity index (χ3n) is 3.40. The predicted molar refractivity (Wildman–Crippen MR) is 39.2 cm³/mol. The second-order valence-electron chi connectivity index (χ2n) is 3.99. The van der Waals surface area contributed by atoms with Crippen LogP contribution in [0.25, 0.3) is 0 Å². The molecule has 52 valence electrons. The van der Waals surface area contributed by atoms with E-state index in [4.69, 9.17) is 0 Å². The van der Waals surface area contributed by atoms with E-state index in [1.54, 1.807) is 32.1 Å². The highest BCUT2D eigenvalue weighted by Crippen LogP contribution is 2.44. The molecule has 0 nitrogen and oxygen atoms in total. The summed E-state index contributed by atoms with van der Waals surface area (Å²) < 4.78 is 0. The molecule has 0 amide bonds. The Balaban J connectivity index is 2.06. The Morgan fingerprint density at radius 3 is 1.89 bits per heavy atom. The second-order valence-corrected chi connectivity index (χ2v) is 3.99. The highest BCUT2D eigenvalue weighted by Gasteiger charge is 2.32. The summed E-state index contributed by atoms with van der Waals surface area (Å²) in [6.07, 6.45) is 7.74. The van der Waals surface area contributed by atoms with Gasteiger partial charge in [0.25, 0.3) is 0 Å². The largest absolute Gasteiger partial charge is 0.0622 e. The molecule has 0 N–H and O–H groups in total. The summed E-state index contributed by atoms with van der Waals surface area (Å²) in [5, 5.41) is 0. The summed E-state index contributed by atoms with van der Waals surface area (Å²) >= 11 is 0. The van der Waals surface area contributed by atoms with E-state index in [2.05, 4.69) is 6.92 Å². The molecule has 0 saturated heterocycles. The average Bonchev–Trinajstić information content (AvgIpc) is 1.90. The van der Waals surface area contributed by atoms with Gasteiger partial charge in [-0.1, -0.05) is 19.8 Å². The molecule has 0 aromatic rings. The van der Waals surface area contributed by atoms with Crippen molar-refractivity contribution in [3.8, 4) is 0 Å². The first-order chi connectivity index (χ1) is 4.36. The zero-order chi connectivity index (χ0) is 6.27. The van der Waals surface area contributed by atoms with Gasteiger partial charge in [0.2, 0.25) is 0 Å². The van der Waals surface area contributed by atoms with E-state index in [1.807, 2.05) is 0 Å². The molecule has 0 spiro atoms. The molecule has 1 atom stereocenters. The SMILES string of the molecule is C[C@@H]1CC2CCC1CC2. The molecule has 0 aromatic carbocycles. The van der Waals surface area contributed by atoms with Crippen molar-refractivity contribution >= 4 is 0 Å². The van der Waals surface area contributed by atoms with E-state index >= 15 is 0 Å². The van der Waals surface area contributed by atoms with Crippen molar-refractivity contribution < 1.29 is 0 Å². The molecule has 0 heterocycles. The van der Waals surface area contributed by atoms with Crippen LogP contribution in [-0.2, 0) is 0 Å². The molecule has 0 radical (unpaired) electrons. The third kappa shape index (κ3) is 0.889. The van der Waals surface area contributed by atoms with Crippen LogP contribution in [0.15, 0.2) is 0 Å². The van der Waals surface area contributed by atoms with Crippen LogP contribution < -0.4 is 0 Å². The van der Waals surface area contributed by atoms with Crippen LogP contribution in [-0.4, -0.2) is 0 Å². The van der Waals surface area contributed by atoms with Crippen molar-refractivity contribution in [1.29, 1.82) is 0 Å². The van der Waals surface area contributed by atoms with Crippen molar-refractivity contribution in [2.75, 3.05) is 0 Å². The maximum Gasteiger partial charge on any atom is -0.0388 e. The highest BCUT2D eigenvalue weighted by atomic mass is 14.4. The number of fused-ring (bicyclic) bond motifs is 3. The zero-order valence-electron chi connectivity index (χ0n) is 6.27. The van der Waals surface area contributed by atoms with Crippen molar-refractivity contribution in [2.45, 2.75) is 39.0 Å². The molecule has 0 aliphatic heterocycles. The van der Waals surface area contributed by atoms with Crippen molar-refractivity contribution in [3.63, 3.8) is 0 Å². The number of rotatable bonds is 0. The van der Waals surface area contributed by atoms with Crippen LogP contribution >= 0.6 is 0 Å². The summed E-state index contributed by atoms with van der Waals surface area (Å²) in [7, 11) is 0. The first-order valence-corrected chi connectivity index (χ1v) is 4.36. The molecule has 9 heavy (non-hydrogen) atoms. The van der Waals surface area contributed by atoms with Gasteiger partial charge in [0, 0.05) is 0 Å². The van der Waals surface area contributed by atoms with E-state index in [0.29, 0.717) is 0 Å². The molecular weight excluding hydrogens is 108 g/mol. The minimum Gasteiger partial charge on any atom is -0.0622 e. The van der Waals surface area contributed by atoms with E-state index in [9.17, 15) is 0 Å². The van der Waals surface area contributed by atoms with Crippen molar-refractivity contribution in [3.05, 3.63) is 0 Å². The van der Waals surface area contributed by atoms with Gasteiger partial charge in [-0.05, 0) is 37.0 Å². The monoisotopic (exact) mass is 124 g/mol. The Hall–Kier alpha value is 0. The molecule has 3 aliphatic rings. The van der Waals surface area contributed by atoms with Gasteiger partial charge in [-0.2, -0.15) is 0 Å². The molecule has 3 saturated carbocycles. The molecule has 2 bridgehead atoms. The van der Waals surface area contributed by atoms with Gasteiger partial charge in [0.15, 0.2) is 0 Å². The van der Waals surface area contributed by atoms with Gasteiger partial charge in [0.1, 0.15) is 0 Å². The van der Waals surface area contributed by atoms with Gasteiger partial charge < -0.3 is 0 Å². The first kappa shape index (κ1) is 5.76. The van der Waals surface area contributed by atoms with Crippen LogP contribution in [0.2, 0.25) is 0 Å². The minimum absolute atomic E-state index is 1.07. The Morgan fingerprint density at radius 2 is 1.67 bits per heavy atom. The fourth-order valence-electron chi connectivity index (χ4n) is 2.71. The van der Waals surface area contributed by atoms with Gasteiger partial charge in [-0.25, -0.2) is 0 Å². The summed E-state index contributed by atoms with van der Waals surface area (Å²) in [5.41, 5.74) is 0. The quantitative estimate of drug-likeness (QED) is 0.466. The lowest BCUT2D eigenvalue weighted by atomic mass is 9.65. The summed E-state index contributed by atoms with van der Waals surface area (Å²) in [6.45, 7) is 2.44. The minimum atomic E-state index is 1.07. The average molecular weight is 124 g/mol. The zero-order valence-corrected chi connectivity index (χ0v) is 6.27. The van der Waals surface area contributed by atoms with Crippen LogP contribution in [0.5, 0.6) is 0 Å². The topological polar surface area (TPSA) is 0 Å². The molecule has 3 fully saturated rings. The van der Waals surface area contributed by atoms with Crippen LogP contribution in [0.1, 0.15) is 39.0 Å². The van der Waals surface area contributed by atoms with Crippen molar-refractivity contribution in [1.82, 2.24) is 0 Å². The standard InChI is InChI=1S/C9H16/c1-7-6-8-2-4-9(7)5-3-8/h7-9H,2-6H2,1H3/t7-,8?,9?/m1/s1. The van der Waals surface area contributed by atoms with E-state index < -0.39 is 0 Å². The maximum absolute atomic E-state index is 2.44. The molecule has 0 heteroatoms. The van der Waals surface area contributed by atoms with Gasteiger partial charge in [-0.3, -0.25) is 0 Å². The Morgan fingerprint density at radius 1 is 1.00 bits per heavy atom. The second kappa shape index (κ2) is 2.00. The maximum atomic E-state index is 2.44. The van der Waals surface area contributed by atoms with Crippen molar-refractivity contribution in [2.24, 2.45) is 17.8 Å². The van der Waals surface area contributed by atoms with E-state index in [0.717, 1.165) is 17.8 Å². The molecular formula is C9H16. The Kier molecular flexibility index (Phi) is 1.28. The lowest BCUT2D eigenvalue weighted by molar-refractivity contribution is 0.111. The Labute approximate surface area is 57.6 Å². The fraction of sp³-hybridized carbons (Fsp3) is 1.00.